The zero-order chi connectivity index (χ0) is 18.7. The Hall–Kier alpha value is -0.630. The molecule has 0 unspecified atom stereocenters. The lowest BCUT2D eigenvalue weighted by molar-refractivity contribution is -0.166. The zero-order valence-electron chi connectivity index (χ0n) is 17.5. The van der Waals surface area contributed by atoms with Gasteiger partial charge in [0, 0.05) is 18.9 Å². The van der Waals surface area contributed by atoms with E-state index in [-0.39, 0.29) is 16.7 Å². The lowest BCUT2D eigenvalue weighted by Gasteiger charge is -2.60. The molecule has 4 aliphatic rings. The van der Waals surface area contributed by atoms with E-state index in [1.54, 1.807) is 5.57 Å². The fourth-order valence-corrected chi connectivity index (χ4v) is 8.06. The number of ketones is 1. The summed E-state index contributed by atoms with van der Waals surface area (Å²) in [6, 6.07) is 0. The topological polar surface area (TPSA) is 26.3 Å². The third kappa shape index (κ3) is 2.50. The quantitative estimate of drug-likeness (QED) is 0.583. The largest absolute Gasteiger partial charge is 0.378 e. The second-order valence-corrected chi connectivity index (χ2v) is 10.4. The Morgan fingerprint density at radius 1 is 1.23 bits per heavy atom. The van der Waals surface area contributed by atoms with Gasteiger partial charge >= 0.3 is 0 Å². The van der Waals surface area contributed by atoms with Crippen molar-refractivity contribution in [3.8, 4) is 0 Å². The molecule has 0 N–H and O–H groups in total. The van der Waals surface area contributed by atoms with Crippen LogP contribution in [0.4, 0.5) is 0 Å². The second kappa shape index (κ2) is 6.47. The minimum atomic E-state index is 0.150. The molecule has 2 nitrogen and oxygen atoms in total. The molecular weight excluding hydrogens is 320 g/mol. The summed E-state index contributed by atoms with van der Waals surface area (Å²) in [6.07, 6.45) is 10.9. The van der Waals surface area contributed by atoms with Crippen molar-refractivity contribution in [1.82, 2.24) is 0 Å². The molecule has 4 saturated carbocycles. The summed E-state index contributed by atoms with van der Waals surface area (Å²) < 4.78 is 6.14. The van der Waals surface area contributed by atoms with Gasteiger partial charge in [-0.25, -0.2) is 0 Å². The third-order valence-electron chi connectivity index (χ3n) is 9.26. The molecule has 0 aromatic rings. The van der Waals surface area contributed by atoms with Crippen LogP contribution >= 0.6 is 0 Å². The fourth-order valence-electron chi connectivity index (χ4n) is 8.06. The molecule has 4 rings (SSSR count). The zero-order valence-corrected chi connectivity index (χ0v) is 17.5. The van der Waals surface area contributed by atoms with Crippen molar-refractivity contribution >= 4 is 5.78 Å². The maximum Gasteiger partial charge on any atom is 0.137 e. The van der Waals surface area contributed by atoms with E-state index in [9.17, 15) is 4.79 Å². The SMILES string of the molecule is C/C=C1/CC[C@H]2[C@@H]3CC[C@H]4C[C@H](C)[C@@H](OCC)C[C@]4(C)[C@H]3C(=O)C[C@]12C. The minimum absolute atomic E-state index is 0.150. The van der Waals surface area contributed by atoms with Crippen LogP contribution in [-0.4, -0.2) is 18.5 Å². The summed E-state index contributed by atoms with van der Waals surface area (Å²) in [5.41, 5.74) is 1.87. The van der Waals surface area contributed by atoms with Gasteiger partial charge in [0.05, 0.1) is 6.10 Å². The van der Waals surface area contributed by atoms with Crippen LogP contribution in [0.2, 0.25) is 0 Å². The molecule has 4 aliphatic carbocycles. The number of rotatable bonds is 2. The molecular formula is C24H38O2. The number of allylic oxidation sites excluding steroid dienone is 2. The van der Waals surface area contributed by atoms with E-state index in [1.807, 2.05) is 0 Å². The van der Waals surface area contributed by atoms with Gasteiger partial charge < -0.3 is 4.74 Å². The highest BCUT2D eigenvalue weighted by atomic mass is 16.5. The fraction of sp³-hybridized carbons (Fsp3) is 0.875. The van der Waals surface area contributed by atoms with E-state index >= 15 is 0 Å². The van der Waals surface area contributed by atoms with Gasteiger partial charge in [-0.3, -0.25) is 4.79 Å². The van der Waals surface area contributed by atoms with E-state index in [4.69, 9.17) is 4.74 Å². The number of hydrogen-bond acceptors (Lipinski definition) is 2. The summed E-state index contributed by atoms with van der Waals surface area (Å²) in [7, 11) is 0. The molecule has 2 heteroatoms. The molecule has 0 radical (unpaired) electrons. The number of Topliss-reactive ketones (excluding diaryl/α,β-unsaturated/α-hetero) is 1. The van der Waals surface area contributed by atoms with Gasteiger partial charge in [-0.05, 0) is 86.9 Å². The van der Waals surface area contributed by atoms with Gasteiger partial charge in [-0.2, -0.15) is 0 Å². The monoisotopic (exact) mass is 358 g/mol. The Morgan fingerprint density at radius 2 is 2.00 bits per heavy atom. The highest BCUT2D eigenvalue weighted by Gasteiger charge is 2.62. The van der Waals surface area contributed by atoms with E-state index in [0.717, 1.165) is 25.4 Å². The molecule has 26 heavy (non-hydrogen) atoms. The van der Waals surface area contributed by atoms with Crippen molar-refractivity contribution in [2.45, 2.75) is 85.7 Å². The van der Waals surface area contributed by atoms with Crippen LogP contribution in [0.15, 0.2) is 11.6 Å². The molecule has 8 atom stereocenters. The maximum atomic E-state index is 13.6. The summed E-state index contributed by atoms with van der Waals surface area (Å²) in [4.78, 5) is 13.6. The summed E-state index contributed by atoms with van der Waals surface area (Å²) >= 11 is 0. The van der Waals surface area contributed by atoms with Gasteiger partial charge in [0.15, 0.2) is 0 Å². The smallest absolute Gasteiger partial charge is 0.137 e. The molecule has 0 heterocycles. The van der Waals surface area contributed by atoms with Gasteiger partial charge in [-0.1, -0.05) is 32.4 Å². The van der Waals surface area contributed by atoms with Gasteiger partial charge in [-0.15, -0.1) is 0 Å². The predicted octanol–water partition coefficient (Wildman–Crippen LogP) is 5.81. The summed E-state index contributed by atoms with van der Waals surface area (Å²) in [5, 5.41) is 0. The van der Waals surface area contributed by atoms with Crippen LogP contribution in [-0.2, 0) is 9.53 Å². The second-order valence-electron chi connectivity index (χ2n) is 10.4. The maximum absolute atomic E-state index is 13.6. The lowest BCUT2D eigenvalue weighted by Crippen LogP contribution is -2.58. The van der Waals surface area contributed by atoms with Crippen molar-refractivity contribution in [1.29, 1.82) is 0 Å². The summed E-state index contributed by atoms with van der Waals surface area (Å²) in [6.45, 7) is 12.3. The van der Waals surface area contributed by atoms with Crippen LogP contribution in [0.3, 0.4) is 0 Å². The summed E-state index contributed by atoms with van der Waals surface area (Å²) in [5.74, 6) is 3.54. The molecule has 0 amide bonds. The first-order chi connectivity index (χ1) is 12.3. The van der Waals surface area contributed by atoms with Crippen molar-refractivity contribution in [3.63, 3.8) is 0 Å². The number of carbonyl (C=O) groups excluding carboxylic acids is 1. The van der Waals surface area contributed by atoms with E-state index < -0.39 is 0 Å². The van der Waals surface area contributed by atoms with E-state index in [0.29, 0.717) is 29.6 Å². The van der Waals surface area contributed by atoms with Crippen LogP contribution in [0, 0.1) is 40.4 Å². The van der Waals surface area contributed by atoms with Crippen LogP contribution in [0.5, 0.6) is 0 Å². The van der Waals surface area contributed by atoms with Crippen molar-refractivity contribution < 1.29 is 9.53 Å². The number of hydrogen-bond donors (Lipinski definition) is 0. The highest BCUT2D eigenvalue weighted by Crippen LogP contribution is 2.66. The Bertz CT molecular complexity index is 607. The Morgan fingerprint density at radius 3 is 2.69 bits per heavy atom. The average molecular weight is 359 g/mol. The molecule has 0 aromatic carbocycles. The van der Waals surface area contributed by atoms with E-state index in [1.165, 1.54) is 32.1 Å². The lowest BCUT2D eigenvalue weighted by atomic mass is 9.44. The number of carbonyl (C=O) groups is 1. The first kappa shape index (κ1) is 18.7. The molecule has 0 bridgehead atoms. The average Bonchev–Trinajstić information content (AvgIpc) is 2.91. The Labute approximate surface area is 160 Å². The van der Waals surface area contributed by atoms with Crippen molar-refractivity contribution in [2.75, 3.05) is 6.61 Å². The van der Waals surface area contributed by atoms with Crippen molar-refractivity contribution in [2.24, 2.45) is 40.4 Å². The molecule has 0 aliphatic heterocycles. The first-order valence-corrected chi connectivity index (χ1v) is 11.1. The Balaban J connectivity index is 1.68. The molecule has 0 aromatic heterocycles. The molecule has 0 spiro atoms. The van der Waals surface area contributed by atoms with E-state index in [2.05, 4.69) is 40.7 Å². The minimum Gasteiger partial charge on any atom is -0.378 e. The normalized spacial score (nSPS) is 52.5. The molecule has 0 saturated heterocycles. The van der Waals surface area contributed by atoms with Crippen LogP contribution < -0.4 is 0 Å². The van der Waals surface area contributed by atoms with Gasteiger partial charge in [0.2, 0.25) is 0 Å². The molecule has 4 fully saturated rings. The third-order valence-corrected chi connectivity index (χ3v) is 9.26. The van der Waals surface area contributed by atoms with Gasteiger partial charge in [0.1, 0.15) is 5.78 Å². The number of fused-ring (bicyclic) bond motifs is 5. The van der Waals surface area contributed by atoms with Crippen LogP contribution in [0.25, 0.3) is 0 Å². The van der Waals surface area contributed by atoms with Crippen LogP contribution in [0.1, 0.15) is 79.6 Å². The Kier molecular flexibility index (Phi) is 4.66. The van der Waals surface area contributed by atoms with Gasteiger partial charge in [0.25, 0.3) is 0 Å². The first-order valence-electron chi connectivity index (χ1n) is 11.1. The highest BCUT2D eigenvalue weighted by molar-refractivity contribution is 5.85. The standard InChI is InChI=1S/C24H38O2/c1-6-16-9-11-19-18-10-8-17-12-15(3)21(26-7-2)14-24(17,5)22(18)20(25)13-23(16,19)4/h6,15,17-19,21-22H,7-14H2,1-5H3/b16-6-/t15-,17-,18-,19-,21-,22+,23+,24-/m0/s1. The van der Waals surface area contributed by atoms with Crippen molar-refractivity contribution in [3.05, 3.63) is 11.6 Å². The predicted molar refractivity (Wildman–Crippen MR) is 106 cm³/mol. The molecule has 146 valence electrons. The number of ether oxygens (including phenoxy) is 1.